The number of ether oxygens (including phenoxy) is 1. The summed E-state index contributed by atoms with van der Waals surface area (Å²) in [6.07, 6.45) is -0.0574. The molecule has 3 N–H and O–H groups in total. The summed E-state index contributed by atoms with van der Waals surface area (Å²) in [7, 11) is 0. The number of anilines is 1. The number of hydrogen-bond acceptors (Lipinski definition) is 3. The molecule has 0 saturated carbocycles. The Balaban J connectivity index is 2.91. The standard InChI is InChI=1S/C13H19FN2O2/c1-8(2)18-12-5-4-10(14)6-11(12)16-13(17)9(3)7-15/h4-6,8-9H,7,15H2,1-3H3,(H,16,17). The van der Waals surface area contributed by atoms with Gasteiger partial charge in [0.2, 0.25) is 5.91 Å². The number of halogens is 1. The molecule has 0 bridgehead atoms. The average Bonchev–Trinajstić information content (AvgIpc) is 2.31. The first-order chi connectivity index (χ1) is 8.43. The number of nitrogens with two attached hydrogens (primary N) is 1. The number of nitrogens with one attached hydrogen (secondary N) is 1. The van der Waals surface area contributed by atoms with E-state index >= 15 is 0 Å². The summed E-state index contributed by atoms with van der Waals surface area (Å²) in [6.45, 7) is 5.66. The second-order valence-corrected chi connectivity index (χ2v) is 4.43. The van der Waals surface area contributed by atoms with Crippen LogP contribution in [-0.4, -0.2) is 18.6 Å². The maximum Gasteiger partial charge on any atom is 0.228 e. The van der Waals surface area contributed by atoms with E-state index in [-0.39, 0.29) is 24.5 Å². The number of hydrogen-bond donors (Lipinski definition) is 2. The molecular formula is C13H19FN2O2. The maximum absolute atomic E-state index is 13.2. The Morgan fingerprint density at radius 3 is 2.67 bits per heavy atom. The van der Waals surface area contributed by atoms with Crippen molar-refractivity contribution in [2.24, 2.45) is 11.7 Å². The lowest BCUT2D eigenvalue weighted by atomic mass is 10.1. The molecule has 0 saturated heterocycles. The van der Waals surface area contributed by atoms with Crippen LogP contribution in [0.1, 0.15) is 20.8 Å². The predicted molar refractivity (Wildman–Crippen MR) is 69.0 cm³/mol. The van der Waals surface area contributed by atoms with Crippen molar-refractivity contribution in [3.8, 4) is 5.75 Å². The second-order valence-electron chi connectivity index (χ2n) is 4.43. The summed E-state index contributed by atoms with van der Waals surface area (Å²) in [6, 6.07) is 4.02. The van der Waals surface area contributed by atoms with Gasteiger partial charge in [-0.2, -0.15) is 0 Å². The molecule has 1 aromatic carbocycles. The van der Waals surface area contributed by atoms with Crippen molar-refractivity contribution in [3.63, 3.8) is 0 Å². The summed E-state index contributed by atoms with van der Waals surface area (Å²) in [5, 5.41) is 2.62. The largest absolute Gasteiger partial charge is 0.489 e. The summed E-state index contributed by atoms with van der Waals surface area (Å²) in [4.78, 5) is 11.7. The van der Waals surface area contributed by atoms with E-state index in [1.165, 1.54) is 18.2 Å². The van der Waals surface area contributed by atoms with Gasteiger partial charge in [-0.15, -0.1) is 0 Å². The van der Waals surface area contributed by atoms with E-state index in [2.05, 4.69) is 5.32 Å². The summed E-state index contributed by atoms with van der Waals surface area (Å²) < 4.78 is 18.7. The first-order valence-electron chi connectivity index (χ1n) is 5.91. The Morgan fingerprint density at radius 1 is 1.44 bits per heavy atom. The lowest BCUT2D eigenvalue weighted by Gasteiger charge is -2.16. The zero-order valence-corrected chi connectivity index (χ0v) is 10.9. The first kappa shape index (κ1) is 14.4. The van der Waals surface area contributed by atoms with Gasteiger partial charge in [-0.1, -0.05) is 6.92 Å². The maximum atomic E-state index is 13.2. The number of rotatable bonds is 5. The summed E-state index contributed by atoms with van der Waals surface area (Å²) >= 11 is 0. The molecule has 0 aromatic heterocycles. The molecule has 0 aliphatic heterocycles. The minimum absolute atomic E-state index is 0.0574. The molecule has 1 atom stereocenters. The quantitative estimate of drug-likeness (QED) is 0.846. The van der Waals surface area contributed by atoms with Crippen LogP contribution in [0.2, 0.25) is 0 Å². The Morgan fingerprint density at radius 2 is 2.11 bits per heavy atom. The Hall–Kier alpha value is -1.62. The Bertz CT molecular complexity index is 421. The number of amides is 1. The minimum Gasteiger partial charge on any atom is -0.489 e. The SMILES string of the molecule is CC(C)Oc1ccc(F)cc1NC(=O)C(C)CN. The van der Waals surface area contributed by atoms with Gasteiger partial charge < -0.3 is 15.8 Å². The van der Waals surface area contributed by atoms with Crippen LogP contribution in [0.15, 0.2) is 18.2 Å². The van der Waals surface area contributed by atoms with Crippen molar-refractivity contribution in [1.29, 1.82) is 0 Å². The van der Waals surface area contributed by atoms with Crippen LogP contribution in [0.25, 0.3) is 0 Å². The molecule has 0 radical (unpaired) electrons. The predicted octanol–water partition coefficient (Wildman–Crippen LogP) is 2.15. The highest BCUT2D eigenvalue weighted by atomic mass is 19.1. The highest BCUT2D eigenvalue weighted by molar-refractivity contribution is 5.93. The molecule has 1 amide bonds. The van der Waals surface area contributed by atoms with Crippen LogP contribution in [0.3, 0.4) is 0 Å². The van der Waals surface area contributed by atoms with Gasteiger partial charge in [-0.25, -0.2) is 4.39 Å². The van der Waals surface area contributed by atoms with Gasteiger partial charge in [0.15, 0.2) is 0 Å². The number of carbonyl (C=O) groups is 1. The molecule has 1 rings (SSSR count). The normalized spacial score (nSPS) is 12.3. The fourth-order valence-electron chi connectivity index (χ4n) is 1.32. The molecule has 0 aliphatic carbocycles. The van der Waals surface area contributed by atoms with Crippen LogP contribution in [-0.2, 0) is 4.79 Å². The molecule has 0 spiro atoms. The smallest absolute Gasteiger partial charge is 0.228 e. The molecule has 5 heteroatoms. The molecule has 18 heavy (non-hydrogen) atoms. The lowest BCUT2D eigenvalue weighted by molar-refractivity contribution is -0.119. The topological polar surface area (TPSA) is 64.3 Å². The van der Waals surface area contributed by atoms with Gasteiger partial charge in [0, 0.05) is 18.5 Å². The van der Waals surface area contributed by atoms with Crippen LogP contribution in [0, 0.1) is 11.7 Å². The third kappa shape index (κ3) is 4.00. The van der Waals surface area contributed by atoms with E-state index in [1.807, 2.05) is 13.8 Å². The van der Waals surface area contributed by atoms with Gasteiger partial charge in [0.05, 0.1) is 11.8 Å². The third-order valence-corrected chi connectivity index (χ3v) is 2.36. The van der Waals surface area contributed by atoms with Crippen molar-refractivity contribution >= 4 is 11.6 Å². The van der Waals surface area contributed by atoms with Crippen molar-refractivity contribution < 1.29 is 13.9 Å². The van der Waals surface area contributed by atoms with E-state index in [9.17, 15) is 9.18 Å². The highest BCUT2D eigenvalue weighted by Gasteiger charge is 2.14. The summed E-state index contributed by atoms with van der Waals surface area (Å²) in [5.74, 6) is -0.567. The Kier molecular flexibility index (Phi) is 5.09. The summed E-state index contributed by atoms with van der Waals surface area (Å²) in [5.41, 5.74) is 5.74. The fourth-order valence-corrected chi connectivity index (χ4v) is 1.32. The van der Waals surface area contributed by atoms with Crippen molar-refractivity contribution in [1.82, 2.24) is 0 Å². The van der Waals surface area contributed by atoms with E-state index in [0.717, 1.165) is 0 Å². The van der Waals surface area contributed by atoms with E-state index in [0.29, 0.717) is 11.4 Å². The van der Waals surface area contributed by atoms with Crippen LogP contribution < -0.4 is 15.8 Å². The third-order valence-electron chi connectivity index (χ3n) is 2.36. The van der Waals surface area contributed by atoms with E-state index in [4.69, 9.17) is 10.5 Å². The van der Waals surface area contributed by atoms with Gasteiger partial charge in [0.25, 0.3) is 0 Å². The van der Waals surface area contributed by atoms with Crippen LogP contribution >= 0.6 is 0 Å². The zero-order valence-electron chi connectivity index (χ0n) is 10.9. The number of carbonyl (C=O) groups excluding carboxylic acids is 1. The zero-order chi connectivity index (χ0) is 13.7. The highest BCUT2D eigenvalue weighted by Crippen LogP contribution is 2.26. The molecule has 1 unspecified atom stereocenters. The molecule has 0 fully saturated rings. The van der Waals surface area contributed by atoms with Crippen molar-refractivity contribution in [2.45, 2.75) is 26.9 Å². The van der Waals surface area contributed by atoms with Crippen molar-refractivity contribution in [2.75, 3.05) is 11.9 Å². The molecule has 0 heterocycles. The molecular weight excluding hydrogens is 235 g/mol. The molecule has 1 aromatic rings. The minimum atomic E-state index is -0.429. The first-order valence-corrected chi connectivity index (χ1v) is 5.91. The molecule has 0 aliphatic rings. The second kappa shape index (κ2) is 6.35. The van der Waals surface area contributed by atoms with Crippen LogP contribution in [0.5, 0.6) is 5.75 Å². The molecule has 100 valence electrons. The van der Waals surface area contributed by atoms with Gasteiger partial charge in [0.1, 0.15) is 11.6 Å². The Labute approximate surface area is 106 Å². The number of benzene rings is 1. The van der Waals surface area contributed by atoms with E-state index in [1.54, 1.807) is 6.92 Å². The monoisotopic (exact) mass is 254 g/mol. The molecule has 4 nitrogen and oxygen atoms in total. The van der Waals surface area contributed by atoms with Crippen LogP contribution in [0.4, 0.5) is 10.1 Å². The van der Waals surface area contributed by atoms with Gasteiger partial charge >= 0.3 is 0 Å². The lowest BCUT2D eigenvalue weighted by Crippen LogP contribution is -2.27. The fraction of sp³-hybridized carbons (Fsp3) is 0.462. The van der Waals surface area contributed by atoms with Gasteiger partial charge in [-0.05, 0) is 26.0 Å². The van der Waals surface area contributed by atoms with E-state index < -0.39 is 5.82 Å². The van der Waals surface area contributed by atoms with Crippen molar-refractivity contribution in [3.05, 3.63) is 24.0 Å². The average molecular weight is 254 g/mol. The van der Waals surface area contributed by atoms with Gasteiger partial charge in [-0.3, -0.25) is 4.79 Å².